The van der Waals surface area contributed by atoms with Crippen molar-refractivity contribution in [3.8, 4) is 5.75 Å². The van der Waals surface area contributed by atoms with Crippen LogP contribution in [0.3, 0.4) is 0 Å². The lowest BCUT2D eigenvalue weighted by atomic mass is 9.96. The van der Waals surface area contributed by atoms with E-state index in [0.29, 0.717) is 24.5 Å². The van der Waals surface area contributed by atoms with Crippen molar-refractivity contribution in [3.05, 3.63) is 54.1 Å². The molecule has 2 aromatic carbocycles. The molecule has 1 aliphatic heterocycles. The third kappa shape index (κ3) is 5.04. The number of piperidine rings is 1. The van der Waals surface area contributed by atoms with Crippen molar-refractivity contribution < 1.29 is 22.7 Å². The number of hydrogen-bond donors (Lipinski definition) is 2. The SMILES string of the molecule is COc1ccccc1NS(=O)(=O)c1cccc(C(=O)N2CCCC(C(=O)NC3CC3)C2)c1. The summed E-state index contributed by atoms with van der Waals surface area (Å²) in [5.41, 5.74) is 0.587. The zero-order chi connectivity index (χ0) is 22.7. The summed E-state index contributed by atoms with van der Waals surface area (Å²) >= 11 is 0. The summed E-state index contributed by atoms with van der Waals surface area (Å²) in [6.45, 7) is 0.885. The number of anilines is 1. The molecule has 32 heavy (non-hydrogen) atoms. The maximum Gasteiger partial charge on any atom is 0.262 e. The van der Waals surface area contributed by atoms with Crippen LogP contribution in [0.5, 0.6) is 5.75 Å². The molecule has 0 radical (unpaired) electrons. The van der Waals surface area contributed by atoms with Gasteiger partial charge in [0, 0.05) is 24.7 Å². The molecular weight excluding hydrogens is 430 g/mol. The van der Waals surface area contributed by atoms with Gasteiger partial charge in [-0.1, -0.05) is 18.2 Å². The average Bonchev–Trinajstić information content (AvgIpc) is 3.63. The number of carbonyl (C=O) groups is 2. The molecule has 9 heteroatoms. The Morgan fingerprint density at radius 3 is 2.59 bits per heavy atom. The Labute approximate surface area is 188 Å². The van der Waals surface area contributed by atoms with Crippen molar-refractivity contribution in [3.63, 3.8) is 0 Å². The van der Waals surface area contributed by atoms with E-state index in [9.17, 15) is 18.0 Å². The number of nitrogens with zero attached hydrogens (tertiary/aromatic N) is 1. The van der Waals surface area contributed by atoms with E-state index < -0.39 is 10.0 Å². The van der Waals surface area contributed by atoms with Gasteiger partial charge in [-0.3, -0.25) is 14.3 Å². The number of likely N-dealkylation sites (tertiary alicyclic amines) is 1. The molecule has 2 amide bonds. The lowest BCUT2D eigenvalue weighted by Crippen LogP contribution is -2.45. The van der Waals surface area contributed by atoms with Gasteiger partial charge in [0.25, 0.3) is 15.9 Å². The molecule has 0 aromatic heterocycles. The quantitative estimate of drug-likeness (QED) is 0.665. The van der Waals surface area contributed by atoms with Crippen LogP contribution in [-0.2, 0) is 14.8 Å². The van der Waals surface area contributed by atoms with Gasteiger partial charge < -0.3 is 15.0 Å². The molecule has 0 bridgehead atoms. The third-order valence-corrected chi connectivity index (χ3v) is 7.11. The predicted octanol–water partition coefficient (Wildman–Crippen LogP) is 2.63. The zero-order valence-electron chi connectivity index (χ0n) is 17.9. The topological polar surface area (TPSA) is 105 Å². The van der Waals surface area contributed by atoms with Crippen LogP contribution in [-0.4, -0.2) is 51.4 Å². The third-order valence-electron chi connectivity index (χ3n) is 5.75. The van der Waals surface area contributed by atoms with E-state index in [1.165, 1.54) is 19.2 Å². The number of rotatable bonds is 7. The molecule has 1 aliphatic carbocycles. The lowest BCUT2D eigenvalue weighted by molar-refractivity contribution is -0.126. The Balaban J connectivity index is 1.49. The van der Waals surface area contributed by atoms with Crippen LogP contribution in [0.15, 0.2) is 53.4 Å². The summed E-state index contributed by atoms with van der Waals surface area (Å²) in [6, 6.07) is 12.9. The summed E-state index contributed by atoms with van der Waals surface area (Å²) in [5, 5.41) is 3.01. The summed E-state index contributed by atoms with van der Waals surface area (Å²) in [7, 11) is -2.47. The van der Waals surface area contributed by atoms with E-state index in [1.54, 1.807) is 41.3 Å². The van der Waals surface area contributed by atoms with E-state index in [-0.39, 0.29) is 34.2 Å². The number of amides is 2. The first-order chi connectivity index (χ1) is 15.4. The minimum atomic E-state index is -3.93. The molecule has 1 saturated carbocycles. The Kier molecular flexibility index (Phi) is 6.36. The van der Waals surface area contributed by atoms with Gasteiger partial charge in [-0.15, -0.1) is 0 Å². The highest BCUT2D eigenvalue weighted by Crippen LogP contribution is 2.27. The highest BCUT2D eigenvalue weighted by atomic mass is 32.2. The van der Waals surface area contributed by atoms with Crippen LogP contribution < -0.4 is 14.8 Å². The van der Waals surface area contributed by atoms with E-state index >= 15 is 0 Å². The predicted molar refractivity (Wildman–Crippen MR) is 120 cm³/mol. The van der Waals surface area contributed by atoms with E-state index in [4.69, 9.17) is 4.74 Å². The van der Waals surface area contributed by atoms with E-state index in [0.717, 1.165) is 25.7 Å². The fourth-order valence-electron chi connectivity index (χ4n) is 3.83. The van der Waals surface area contributed by atoms with Crippen molar-refractivity contribution in [2.75, 3.05) is 24.9 Å². The van der Waals surface area contributed by atoms with Crippen LogP contribution in [0.4, 0.5) is 5.69 Å². The monoisotopic (exact) mass is 457 g/mol. The molecule has 1 saturated heterocycles. The maximum absolute atomic E-state index is 13.1. The van der Waals surface area contributed by atoms with Gasteiger partial charge in [-0.2, -0.15) is 0 Å². The average molecular weight is 458 g/mol. The first kappa shape index (κ1) is 22.1. The van der Waals surface area contributed by atoms with Crippen molar-refractivity contribution >= 4 is 27.5 Å². The molecule has 1 heterocycles. The smallest absolute Gasteiger partial charge is 0.262 e. The van der Waals surface area contributed by atoms with Crippen LogP contribution >= 0.6 is 0 Å². The molecule has 0 spiro atoms. The second-order valence-corrected chi connectivity index (χ2v) is 9.89. The number of benzene rings is 2. The van der Waals surface area contributed by atoms with E-state index in [2.05, 4.69) is 10.0 Å². The van der Waals surface area contributed by atoms with E-state index in [1.807, 2.05) is 0 Å². The van der Waals surface area contributed by atoms with Gasteiger partial charge in [-0.25, -0.2) is 8.42 Å². The fraction of sp³-hybridized carbons (Fsp3) is 0.391. The first-order valence-electron chi connectivity index (χ1n) is 10.7. The van der Waals surface area contributed by atoms with Crippen molar-refractivity contribution in [1.29, 1.82) is 0 Å². The lowest BCUT2D eigenvalue weighted by Gasteiger charge is -2.32. The number of carbonyl (C=O) groups excluding carboxylic acids is 2. The zero-order valence-corrected chi connectivity index (χ0v) is 18.7. The maximum atomic E-state index is 13.1. The molecule has 4 rings (SSSR count). The number of hydrogen-bond acceptors (Lipinski definition) is 5. The molecule has 1 unspecified atom stereocenters. The second-order valence-electron chi connectivity index (χ2n) is 8.21. The van der Waals surface area contributed by atoms with Gasteiger partial charge >= 0.3 is 0 Å². The number of para-hydroxylation sites is 2. The Hall–Kier alpha value is -3.07. The molecule has 170 valence electrons. The van der Waals surface area contributed by atoms with Crippen LogP contribution in [0, 0.1) is 5.92 Å². The minimum Gasteiger partial charge on any atom is -0.495 e. The van der Waals surface area contributed by atoms with Crippen LogP contribution in [0.1, 0.15) is 36.0 Å². The highest BCUT2D eigenvalue weighted by molar-refractivity contribution is 7.92. The number of ether oxygens (including phenoxy) is 1. The summed E-state index contributed by atoms with van der Waals surface area (Å²) in [4.78, 5) is 27.1. The molecule has 2 aliphatic rings. The number of methoxy groups -OCH3 is 1. The normalized spacial score (nSPS) is 18.7. The van der Waals surface area contributed by atoms with Gasteiger partial charge in [-0.05, 0) is 56.0 Å². The highest BCUT2D eigenvalue weighted by Gasteiger charge is 2.32. The largest absolute Gasteiger partial charge is 0.495 e. The van der Waals surface area contributed by atoms with Crippen molar-refractivity contribution in [1.82, 2.24) is 10.2 Å². The first-order valence-corrected chi connectivity index (χ1v) is 12.2. The van der Waals surface area contributed by atoms with Gasteiger partial charge in [0.1, 0.15) is 5.75 Å². The molecule has 2 N–H and O–H groups in total. The van der Waals surface area contributed by atoms with Gasteiger partial charge in [0.15, 0.2) is 0 Å². The Bertz CT molecular complexity index is 1110. The van der Waals surface area contributed by atoms with Crippen molar-refractivity contribution in [2.45, 2.75) is 36.6 Å². The standard InChI is InChI=1S/C23H27N3O5S/c1-31-21-10-3-2-9-20(21)25-32(29,30)19-8-4-6-16(14-19)23(28)26-13-5-7-17(15-26)22(27)24-18-11-12-18/h2-4,6,8-10,14,17-18,25H,5,7,11-13,15H2,1H3,(H,24,27). The molecule has 2 fully saturated rings. The summed E-state index contributed by atoms with van der Waals surface area (Å²) < 4.78 is 33.6. The fourth-order valence-corrected chi connectivity index (χ4v) is 4.95. The molecular formula is C23H27N3O5S. The Morgan fingerprint density at radius 1 is 1.06 bits per heavy atom. The van der Waals surface area contributed by atoms with Crippen LogP contribution in [0.25, 0.3) is 0 Å². The van der Waals surface area contributed by atoms with Gasteiger partial charge in [0.05, 0.1) is 23.6 Å². The number of sulfonamides is 1. The van der Waals surface area contributed by atoms with Crippen molar-refractivity contribution in [2.24, 2.45) is 5.92 Å². The minimum absolute atomic E-state index is 0.00216. The molecule has 1 atom stereocenters. The van der Waals surface area contributed by atoms with Gasteiger partial charge in [0.2, 0.25) is 5.91 Å². The molecule has 2 aromatic rings. The number of nitrogens with one attached hydrogen (secondary N) is 2. The molecule has 8 nitrogen and oxygen atoms in total. The summed E-state index contributed by atoms with van der Waals surface area (Å²) in [5.74, 6) is -0.106. The summed E-state index contributed by atoms with van der Waals surface area (Å²) in [6.07, 6.45) is 3.53. The second kappa shape index (κ2) is 9.20. The van der Waals surface area contributed by atoms with Crippen LogP contribution in [0.2, 0.25) is 0 Å². The Morgan fingerprint density at radius 2 is 1.84 bits per heavy atom.